The molecular weight excluding hydrogens is 388 g/mol. The first kappa shape index (κ1) is 22.1. The highest BCUT2D eigenvalue weighted by molar-refractivity contribution is 6.33. The summed E-state index contributed by atoms with van der Waals surface area (Å²) in [5, 5.41) is 12.2. The monoisotopic (exact) mass is 414 g/mol. The molecule has 4 N–H and O–H groups in total. The van der Waals surface area contributed by atoms with E-state index in [1.54, 1.807) is 7.11 Å². The van der Waals surface area contributed by atoms with Gasteiger partial charge in [-0.25, -0.2) is 4.79 Å². The van der Waals surface area contributed by atoms with Gasteiger partial charge >= 0.3 is 6.09 Å². The number of nitrogens with two attached hydrogens (primary N) is 1. The molecule has 1 aliphatic heterocycles. The molecule has 0 bridgehead atoms. The molecule has 1 aromatic rings. The molecule has 0 radical (unpaired) electrons. The summed E-state index contributed by atoms with van der Waals surface area (Å²) >= 11 is 6.05. The highest BCUT2D eigenvalue weighted by atomic mass is 35.5. The largest absolute Gasteiger partial charge is 0.496 e. The Kier molecular flexibility index (Phi) is 7.73. The number of nitrogens with zero attached hydrogens (tertiary/aromatic N) is 2. The van der Waals surface area contributed by atoms with E-state index in [9.17, 15) is 9.59 Å². The predicted molar refractivity (Wildman–Crippen MR) is 106 cm³/mol. The Bertz CT molecular complexity index is 717. The Hall–Kier alpha value is -2.23. The normalized spacial score (nSPS) is 19.9. The van der Waals surface area contributed by atoms with Gasteiger partial charge in [0.05, 0.1) is 35.5 Å². The number of ether oxygens (including phenoxy) is 2. The number of halogens is 1. The van der Waals surface area contributed by atoms with Crippen LogP contribution in [-0.4, -0.2) is 86.5 Å². The Labute approximate surface area is 169 Å². The Morgan fingerprint density at radius 2 is 2.14 bits per heavy atom. The topological polar surface area (TPSA) is 117 Å². The van der Waals surface area contributed by atoms with Crippen LogP contribution in [0, 0.1) is 0 Å². The van der Waals surface area contributed by atoms with Gasteiger partial charge in [-0.3, -0.25) is 9.69 Å². The van der Waals surface area contributed by atoms with Gasteiger partial charge in [0.2, 0.25) is 0 Å². The summed E-state index contributed by atoms with van der Waals surface area (Å²) in [5.41, 5.74) is 6.41. The van der Waals surface area contributed by atoms with E-state index in [0.717, 1.165) is 6.54 Å². The first-order chi connectivity index (χ1) is 13.3. The van der Waals surface area contributed by atoms with Crippen LogP contribution < -0.4 is 15.8 Å². The van der Waals surface area contributed by atoms with Gasteiger partial charge in [0.15, 0.2) is 0 Å². The zero-order valence-electron chi connectivity index (χ0n) is 16.3. The van der Waals surface area contributed by atoms with E-state index in [0.29, 0.717) is 43.1 Å². The number of carbonyl (C=O) groups excluding carboxylic acids is 1. The molecule has 2 amide bonds. The molecule has 0 aromatic heterocycles. The van der Waals surface area contributed by atoms with Crippen molar-refractivity contribution in [2.24, 2.45) is 0 Å². The van der Waals surface area contributed by atoms with Crippen LogP contribution in [0.15, 0.2) is 12.1 Å². The summed E-state index contributed by atoms with van der Waals surface area (Å²) in [4.78, 5) is 27.0. The third kappa shape index (κ3) is 5.40. The summed E-state index contributed by atoms with van der Waals surface area (Å²) in [5.74, 6) is 0.0346. The highest BCUT2D eigenvalue weighted by Gasteiger charge is 2.31. The lowest BCUT2D eigenvalue weighted by Crippen LogP contribution is -2.55. The number of methoxy groups -OCH3 is 2. The number of carboxylic acid groups (broad SMARTS) is 1. The minimum Gasteiger partial charge on any atom is -0.496 e. The number of carbonyl (C=O) groups is 2. The molecule has 1 heterocycles. The second kappa shape index (κ2) is 9.81. The van der Waals surface area contributed by atoms with E-state index in [2.05, 4.69) is 10.2 Å². The fourth-order valence-corrected chi connectivity index (χ4v) is 3.30. The SMILES string of the molecule is COc1cc(N)c(Cl)cc1C(=O)NC1CCN(CCN(C)C(=O)O)CC1OC. The summed E-state index contributed by atoms with van der Waals surface area (Å²) in [6.07, 6.45) is -0.504. The minimum absolute atomic E-state index is 0.188. The number of anilines is 1. The first-order valence-electron chi connectivity index (χ1n) is 8.89. The second-order valence-electron chi connectivity index (χ2n) is 6.72. The van der Waals surface area contributed by atoms with Gasteiger partial charge < -0.3 is 30.5 Å². The molecule has 9 nitrogen and oxygen atoms in total. The molecule has 2 rings (SSSR count). The van der Waals surface area contributed by atoms with Crippen LogP contribution in [0.3, 0.4) is 0 Å². The minimum atomic E-state index is -0.957. The number of hydrogen-bond acceptors (Lipinski definition) is 6. The number of piperidine rings is 1. The van der Waals surface area contributed by atoms with Gasteiger partial charge in [0.1, 0.15) is 5.75 Å². The van der Waals surface area contributed by atoms with Crippen molar-refractivity contribution < 1.29 is 24.2 Å². The molecule has 2 atom stereocenters. The van der Waals surface area contributed by atoms with Gasteiger partial charge in [0.25, 0.3) is 5.91 Å². The fourth-order valence-electron chi connectivity index (χ4n) is 3.14. The van der Waals surface area contributed by atoms with Crippen molar-refractivity contribution in [1.29, 1.82) is 0 Å². The van der Waals surface area contributed by atoms with Crippen molar-refractivity contribution in [2.45, 2.75) is 18.6 Å². The number of benzene rings is 1. The van der Waals surface area contributed by atoms with Crippen LogP contribution in [-0.2, 0) is 4.74 Å². The van der Waals surface area contributed by atoms with E-state index in [1.165, 1.54) is 31.2 Å². The summed E-state index contributed by atoms with van der Waals surface area (Å²) in [6, 6.07) is 2.82. The Morgan fingerprint density at radius 1 is 1.43 bits per heavy atom. The molecule has 0 saturated carbocycles. The molecule has 28 heavy (non-hydrogen) atoms. The molecule has 1 saturated heterocycles. The zero-order chi connectivity index (χ0) is 20.8. The number of likely N-dealkylation sites (tertiary alicyclic amines) is 1. The van der Waals surface area contributed by atoms with Crippen molar-refractivity contribution in [1.82, 2.24) is 15.1 Å². The van der Waals surface area contributed by atoms with Crippen LogP contribution >= 0.6 is 11.6 Å². The average molecular weight is 415 g/mol. The van der Waals surface area contributed by atoms with E-state index in [1.807, 2.05) is 0 Å². The lowest BCUT2D eigenvalue weighted by Gasteiger charge is -2.38. The number of nitrogens with one attached hydrogen (secondary N) is 1. The molecule has 1 fully saturated rings. The third-order valence-corrected chi connectivity index (χ3v) is 5.23. The molecule has 156 valence electrons. The van der Waals surface area contributed by atoms with Crippen LogP contribution in [0.5, 0.6) is 5.75 Å². The van der Waals surface area contributed by atoms with Gasteiger partial charge in [-0.15, -0.1) is 0 Å². The van der Waals surface area contributed by atoms with Crippen LogP contribution in [0.1, 0.15) is 16.8 Å². The number of hydrogen-bond donors (Lipinski definition) is 3. The van der Waals surface area contributed by atoms with Crippen molar-refractivity contribution >= 4 is 29.3 Å². The smallest absolute Gasteiger partial charge is 0.407 e. The van der Waals surface area contributed by atoms with Gasteiger partial charge in [-0.05, 0) is 12.5 Å². The predicted octanol–water partition coefficient (Wildman–Crippen LogP) is 1.36. The van der Waals surface area contributed by atoms with Crippen LogP contribution in [0.2, 0.25) is 5.02 Å². The maximum atomic E-state index is 12.8. The molecule has 10 heteroatoms. The lowest BCUT2D eigenvalue weighted by atomic mass is 10.0. The maximum Gasteiger partial charge on any atom is 0.407 e. The summed E-state index contributed by atoms with van der Waals surface area (Å²) in [7, 11) is 4.59. The van der Waals surface area contributed by atoms with Crippen molar-refractivity contribution in [2.75, 3.05) is 53.2 Å². The molecule has 2 unspecified atom stereocenters. The number of nitrogen functional groups attached to an aromatic ring is 1. The molecular formula is C18H27ClN4O5. The lowest BCUT2D eigenvalue weighted by molar-refractivity contribution is 0.00480. The van der Waals surface area contributed by atoms with Crippen LogP contribution in [0.4, 0.5) is 10.5 Å². The fraction of sp³-hybridized carbons (Fsp3) is 0.556. The summed E-state index contributed by atoms with van der Waals surface area (Å²) in [6.45, 7) is 2.32. The second-order valence-corrected chi connectivity index (χ2v) is 7.13. The molecule has 1 aliphatic rings. The molecule has 0 spiro atoms. The average Bonchev–Trinajstić information content (AvgIpc) is 2.68. The maximum absolute atomic E-state index is 12.8. The zero-order valence-corrected chi connectivity index (χ0v) is 17.0. The van der Waals surface area contributed by atoms with Crippen molar-refractivity contribution in [3.05, 3.63) is 22.7 Å². The Morgan fingerprint density at radius 3 is 2.75 bits per heavy atom. The van der Waals surface area contributed by atoms with Crippen LogP contribution in [0.25, 0.3) is 0 Å². The van der Waals surface area contributed by atoms with E-state index >= 15 is 0 Å². The number of amides is 2. The van der Waals surface area contributed by atoms with Crippen molar-refractivity contribution in [3.8, 4) is 5.75 Å². The first-order valence-corrected chi connectivity index (χ1v) is 9.27. The number of likely N-dealkylation sites (N-methyl/N-ethyl adjacent to an activating group) is 1. The van der Waals surface area contributed by atoms with E-state index in [-0.39, 0.29) is 23.1 Å². The summed E-state index contributed by atoms with van der Waals surface area (Å²) < 4.78 is 10.8. The quantitative estimate of drug-likeness (QED) is 0.576. The standard InChI is InChI=1S/C18H27ClN4O5/c1-22(18(25)26)6-7-23-5-4-14(16(10-23)28-3)21-17(24)11-8-12(19)13(20)9-15(11)27-2/h8-9,14,16H,4-7,10,20H2,1-3H3,(H,21,24)(H,25,26). The van der Waals surface area contributed by atoms with Gasteiger partial charge in [-0.1, -0.05) is 11.6 Å². The Balaban J connectivity index is 2.00. The van der Waals surface area contributed by atoms with Gasteiger partial charge in [-0.2, -0.15) is 0 Å². The van der Waals surface area contributed by atoms with E-state index in [4.69, 9.17) is 31.9 Å². The van der Waals surface area contributed by atoms with E-state index < -0.39 is 6.09 Å². The highest BCUT2D eigenvalue weighted by Crippen LogP contribution is 2.29. The number of rotatable bonds is 7. The molecule has 0 aliphatic carbocycles. The van der Waals surface area contributed by atoms with Gasteiger partial charge in [0, 0.05) is 46.4 Å². The van der Waals surface area contributed by atoms with Crippen molar-refractivity contribution in [3.63, 3.8) is 0 Å². The molecule has 1 aromatic carbocycles. The third-order valence-electron chi connectivity index (χ3n) is 4.90.